The summed E-state index contributed by atoms with van der Waals surface area (Å²) >= 11 is 5.98. The second-order valence-electron chi connectivity index (χ2n) is 7.39. The van der Waals surface area contributed by atoms with E-state index < -0.39 is 23.3 Å². The van der Waals surface area contributed by atoms with Crippen molar-refractivity contribution in [1.82, 2.24) is 4.90 Å². The number of aliphatic carboxylic acids is 1. The number of rotatable bonds is 6. The summed E-state index contributed by atoms with van der Waals surface area (Å²) in [6.07, 6.45) is -0.154. The second-order valence-corrected chi connectivity index (χ2v) is 7.80. The molecule has 2 rings (SSSR count). The van der Waals surface area contributed by atoms with Gasteiger partial charge in [-0.3, -0.25) is 9.59 Å². The highest BCUT2D eigenvalue weighted by molar-refractivity contribution is 6.31. The highest BCUT2D eigenvalue weighted by atomic mass is 35.5. The normalized spacial score (nSPS) is 23.3. The summed E-state index contributed by atoms with van der Waals surface area (Å²) in [7, 11) is 0. The van der Waals surface area contributed by atoms with Crippen molar-refractivity contribution in [2.24, 2.45) is 11.3 Å². The molecule has 1 aliphatic heterocycles. The minimum atomic E-state index is -1.39. The molecule has 7 heteroatoms. The number of benzene rings is 1. The van der Waals surface area contributed by atoms with E-state index in [1.165, 1.54) is 23.1 Å². The highest BCUT2D eigenvalue weighted by Gasteiger charge is 2.49. The largest absolute Gasteiger partial charge is 0.481 e. The monoisotopic (exact) mass is 385 g/mol. The van der Waals surface area contributed by atoms with Gasteiger partial charge >= 0.3 is 5.97 Å². The number of aliphatic hydroxyl groups is 1. The number of carbonyl (C=O) groups is 2. The van der Waals surface area contributed by atoms with Crippen LogP contribution in [-0.2, 0) is 16.0 Å². The van der Waals surface area contributed by atoms with E-state index in [1.54, 1.807) is 0 Å². The molecule has 0 spiro atoms. The SMILES string of the molecule is CC(C)CC[C@@]1(C(=O)O)CN(C(=O)Cc2c(F)cccc2Cl)CC[C@@H]1O. The van der Waals surface area contributed by atoms with Gasteiger partial charge in [-0.15, -0.1) is 0 Å². The molecule has 1 fully saturated rings. The van der Waals surface area contributed by atoms with Crippen LogP contribution in [0.2, 0.25) is 5.02 Å². The Kier molecular flexibility index (Phi) is 6.64. The standard InChI is InChI=1S/C19H25ClFNO4/c1-12(2)6-8-19(18(25)26)11-22(9-7-16(19)23)17(24)10-13-14(20)4-3-5-15(13)21/h3-5,12,16,23H,6-11H2,1-2H3,(H,25,26)/t16-,19+/m0/s1. The van der Waals surface area contributed by atoms with Crippen LogP contribution in [0.25, 0.3) is 0 Å². The smallest absolute Gasteiger partial charge is 0.314 e. The van der Waals surface area contributed by atoms with Gasteiger partial charge in [0.05, 0.1) is 12.5 Å². The maximum atomic E-state index is 13.9. The lowest BCUT2D eigenvalue weighted by Crippen LogP contribution is -2.57. The number of halogens is 2. The fourth-order valence-corrected chi connectivity index (χ4v) is 3.60. The summed E-state index contributed by atoms with van der Waals surface area (Å²) < 4.78 is 13.9. The molecule has 2 atom stereocenters. The van der Waals surface area contributed by atoms with Gasteiger partial charge in [0.25, 0.3) is 0 Å². The third-order valence-corrected chi connectivity index (χ3v) is 5.47. The first-order valence-electron chi connectivity index (χ1n) is 8.79. The van der Waals surface area contributed by atoms with E-state index in [0.717, 1.165) is 0 Å². The molecule has 1 amide bonds. The summed E-state index contributed by atoms with van der Waals surface area (Å²) in [6.45, 7) is 4.12. The Balaban J connectivity index is 2.19. The van der Waals surface area contributed by atoms with Crippen molar-refractivity contribution in [3.8, 4) is 0 Å². The van der Waals surface area contributed by atoms with Crippen molar-refractivity contribution in [2.75, 3.05) is 13.1 Å². The maximum Gasteiger partial charge on any atom is 0.314 e. The molecule has 0 aromatic heterocycles. The van der Waals surface area contributed by atoms with Gasteiger partial charge in [0, 0.05) is 23.7 Å². The lowest BCUT2D eigenvalue weighted by atomic mass is 9.72. The average molecular weight is 386 g/mol. The molecule has 0 saturated carbocycles. The van der Waals surface area contributed by atoms with Crippen LogP contribution < -0.4 is 0 Å². The summed E-state index contributed by atoms with van der Waals surface area (Å²) in [5, 5.41) is 20.3. The third kappa shape index (κ3) is 4.35. The van der Waals surface area contributed by atoms with Crippen LogP contribution in [0, 0.1) is 17.2 Å². The van der Waals surface area contributed by atoms with E-state index in [-0.39, 0.29) is 54.8 Å². The molecule has 1 aromatic rings. The number of carbonyl (C=O) groups excluding carboxylic acids is 1. The molecule has 0 bridgehead atoms. The van der Waals surface area contributed by atoms with Crippen molar-refractivity contribution in [1.29, 1.82) is 0 Å². The third-order valence-electron chi connectivity index (χ3n) is 5.12. The van der Waals surface area contributed by atoms with Gasteiger partial charge in [0.15, 0.2) is 0 Å². The summed E-state index contributed by atoms with van der Waals surface area (Å²) in [5.74, 6) is -1.78. The fraction of sp³-hybridized carbons (Fsp3) is 0.579. The Hall–Kier alpha value is -1.66. The van der Waals surface area contributed by atoms with Crippen LogP contribution in [-0.4, -0.2) is 46.2 Å². The van der Waals surface area contributed by atoms with E-state index in [9.17, 15) is 24.2 Å². The number of aliphatic hydroxyl groups excluding tert-OH is 1. The lowest BCUT2D eigenvalue weighted by Gasteiger charge is -2.43. The lowest BCUT2D eigenvalue weighted by molar-refractivity contribution is -0.167. The van der Waals surface area contributed by atoms with Gasteiger partial charge in [-0.25, -0.2) is 4.39 Å². The number of hydrogen-bond donors (Lipinski definition) is 2. The molecular formula is C19H25ClFNO4. The molecule has 0 unspecified atom stereocenters. The molecule has 144 valence electrons. The zero-order valence-electron chi connectivity index (χ0n) is 15.0. The number of piperidine rings is 1. The van der Waals surface area contributed by atoms with E-state index in [1.807, 2.05) is 13.8 Å². The van der Waals surface area contributed by atoms with E-state index in [4.69, 9.17) is 11.6 Å². The van der Waals surface area contributed by atoms with Gasteiger partial charge in [-0.2, -0.15) is 0 Å². The molecule has 0 radical (unpaired) electrons. The molecule has 1 heterocycles. The number of amides is 1. The topological polar surface area (TPSA) is 77.8 Å². The first-order chi connectivity index (χ1) is 12.2. The van der Waals surface area contributed by atoms with E-state index in [2.05, 4.69) is 0 Å². The van der Waals surface area contributed by atoms with Crippen LogP contribution in [0.15, 0.2) is 18.2 Å². The Morgan fingerprint density at radius 2 is 2.12 bits per heavy atom. The van der Waals surface area contributed by atoms with Gasteiger partial charge in [0.1, 0.15) is 11.2 Å². The molecule has 1 aliphatic rings. The van der Waals surface area contributed by atoms with Crippen LogP contribution >= 0.6 is 11.6 Å². The van der Waals surface area contributed by atoms with Crippen LogP contribution in [0.4, 0.5) is 4.39 Å². The molecular weight excluding hydrogens is 361 g/mol. The quantitative estimate of drug-likeness (QED) is 0.788. The first kappa shape index (κ1) is 20.6. The van der Waals surface area contributed by atoms with Gasteiger partial charge < -0.3 is 15.1 Å². The highest BCUT2D eigenvalue weighted by Crippen LogP contribution is 2.37. The number of nitrogens with zero attached hydrogens (tertiary/aromatic N) is 1. The van der Waals surface area contributed by atoms with Crippen LogP contribution in [0.1, 0.15) is 38.7 Å². The first-order valence-corrected chi connectivity index (χ1v) is 9.17. The van der Waals surface area contributed by atoms with Gasteiger partial charge in [0.2, 0.25) is 5.91 Å². The average Bonchev–Trinajstić information content (AvgIpc) is 2.57. The predicted molar refractivity (Wildman–Crippen MR) is 96.5 cm³/mol. The minimum Gasteiger partial charge on any atom is -0.481 e. The van der Waals surface area contributed by atoms with E-state index in [0.29, 0.717) is 6.42 Å². The fourth-order valence-electron chi connectivity index (χ4n) is 3.37. The predicted octanol–water partition coefficient (Wildman–Crippen LogP) is 3.12. The van der Waals surface area contributed by atoms with Crippen molar-refractivity contribution >= 4 is 23.5 Å². The number of carboxylic acid groups (broad SMARTS) is 1. The Morgan fingerprint density at radius 3 is 2.69 bits per heavy atom. The van der Waals surface area contributed by atoms with Crippen molar-refractivity contribution in [3.63, 3.8) is 0 Å². The zero-order valence-corrected chi connectivity index (χ0v) is 15.8. The summed E-state index contributed by atoms with van der Waals surface area (Å²) in [4.78, 5) is 26.0. The van der Waals surface area contributed by atoms with Crippen LogP contribution in [0.5, 0.6) is 0 Å². The van der Waals surface area contributed by atoms with Crippen molar-refractivity contribution in [2.45, 2.75) is 45.6 Å². The number of likely N-dealkylation sites (tertiary alicyclic amines) is 1. The maximum absolute atomic E-state index is 13.9. The molecule has 26 heavy (non-hydrogen) atoms. The Labute approximate surface area is 157 Å². The van der Waals surface area contributed by atoms with Crippen molar-refractivity contribution in [3.05, 3.63) is 34.6 Å². The number of carboxylic acids is 1. The molecule has 5 nitrogen and oxygen atoms in total. The van der Waals surface area contributed by atoms with Gasteiger partial charge in [-0.05, 0) is 37.3 Å². The van der Waals surface area contributed by atoms with Crippen molar-refractivity contribution < 1.29 is 24.2 Å². The zero-order chi connectivity index (χ0) is 19.5. The second kappa shape index (κ2) is 8.35. The Morgan fingerprint density at radius 1 is 1.42 bits per heavy atom. The van der Waals surface area contributed by atoms with Gasteiger partial charge in [-0.1, -0.05) is 31.5 Å². The summed E-state index contributed by atoms with van der Waals surface area (Å²) in [6, 6.07) is 4.21. The Bertz CT molecular complexity index is 661. The molecule has 1 aromatic carbocycles. The van der Waals surface area contributed by atoms with Crippen LogP contribution in [0.3, 0.4) is 0 Å². The molecule has 2 N–H and O–H groups in total. The summed E-state index contributed by atoms with van der Waals surface area (Å²) in [5.41, 5.74) is -1.29. The minimum absolute atomic E-state index is 0.0822. The molecule has 1 saturated heterocycles. The van der Waals surface area contributed by atoms with E-state index >= 15 is 0 Å². The number of hydrogen-bond acceptors (Lipinski definition) is 3. The molecule has 0 aliphatic carbocycles.